The Morgan fingerprint density at radius 1 is 1.38 bits per heavy atom. The second-order valence-electron chi connectivity index (χ2n) is 5.92. The van der Waals surface area contributed by atoms with Gasteiger partial charge in [0, 0.05) is 30.3 Å². The number of carbonyl (C=O) groups excluding carboxylic acids is 2. The molecule has 1 saturated heterocycles. The summed E-state index contributed by atoms with van der Waals surface area (Å²) < 4.78 is 5.20. The van der Waals surface area contributed by atoms with E-state index < -0.39 is 0 Å². The summed E-state index contributed by atoms with van der Waals surface area (Å²) in [5, 5.41) is 6.78. The van der Waals surface area contributed by atoms with Crippen molar-refractivity contribution in [2.75, 3.05) is 11.4 Å². The zero-order valence-electron chi connectivity index (χ0n) is 13.7. The van der Waals surface area contributed by atoms with Crippen molar-refractivity contribution in [3.8, 4) is 0 Å². The van der Waals surface area contributed by atoms with E-state index in [0.717, 1.165) is 30.6 Å². The van der Waals surface area contributed by atoms with Crippen molar-refractivity contribution in [2.24, 2.45) is 0 Å². The molecule has 3 rings (SSSR count). The quantitative estimate of drug-likeness (QED) is 0.885. The molecule has 1 aromatic heterocycles. The number of rotatable bonds is 6. The van der Waals surface area contributed by atoms with Gasteiger partial charge < -0.3 is 14.7 Å². The fourth-order valence-corrected chi connectivity index (χ4v) is 2.82. The maximum atomic E-state index is 12.3. The van der Waals surface area contributed by atoms with Crippen LogP contribution >= 0.6 is 0 Å². The van der Waals surface area contributed by atoms with E-state index in [0.29, 0.717) is 30.8 Å². The number of hydrogen-bond acceptors (Lipinski definition) is 4. The van der Waals surface area contributed by atoms with Crippen molar-refractivity contribution in [2.45, 2.75) is 39.2 Å². The average molecular weight is 327 g/mol. The second kappa shape index (κ2) is 7.29. The van der Waals surface area contributed by atoms with Gasteiger partial charge in [0.2, 0.25) is 5.91 Å². The van der Waals surface area contributed by atoms with Crippen LogP contribution in [0.2, 0.25) is 0 Å². The van der Waals surface area contributed by atoms with Crippen LogP contribution in [0.3, 0.4) is 0 Å². The van der Waals surface area contributed by atoms with Crippen LogP contribution in [0.1, 0.15) is 48.0 Å². The van der Waals surface area contributed by atoms with E-state index in [-0.39, 0.29) is 11.8 Å². The molecule has 0 bridgehead atoms. The van der Waals surface area contributed by atoms with Gasteiger partial charge in [-0.15, -0.1) is 0 Å². The molecule has 0 atom stereocenters. The van der Waals surface area contributed by atoms with Crippen molar-refractivity contribution in [1.82, 2.24) is 10.5 Å². The lowest BCUT2D eigenvalue weighted by Gasteiger charge is -2.16. The summed E-state index contributed by atoms with van der Waals surface area (Å²) in [6.07, 6.45) is 3.30. The summed E-state index contributed by atoms with van der Waals surface area (Å²) >= 11 is 0. The summed E-state index contributed by atoms with van der Waals surface area (Å²) in [7, 11) is 0. The molecule has 1 aromatic carbocycles. The van der Waals surface area contributed by atoms with Gasteiger partial charge in [-0.1, -0.05) is 24.6 Å². The van der Waals surface area contributed by atoms with Crippen molar-refractivity contribution in [1.29, 1.82) is 0 Å². The highest BCUT2D eigenvalue weighted by molar-refractivity contribution is 5.99. The molecule has 0 radical (unpaired) electrons. The molecule has 0 saturated carbocycles. The topological polar surface area (TPSA) is 75.4 Å². The van der Waals surface area contributed by atoms with E-state index in [1.165, 1.54) is 0 Å². The highest BCUT2D eigenvalue weighted by Crippen LogP contribution is 2.22. The zero-order chi connectivity index (χ0) is 16.9. The Morgan fingerprint density at radius 3 is 3.00 bits per heavy atom. The molecule has 6 nitrogen and oxygen atoms in total. The lowest BCUT2D eigenvalue weighted by molar-refractivity contribution is -0.117. The molecule has 6 heteroatoms. The van der Waals surface area contributed by atoms with Crippen LogP contribution in [0.25, 0.3) is 0 Å². The number of anilines is 1. The predicted molar refractivity (Wildman–Crippen MR) is 89.7 cm³/mol. The van der Waals surface area contributed by atoms with Crippen LogP contribution < -0.4 is 10.2 Å². The van der Waals surface area contributed by atoms with Gasteiger partial charge in [0.15, 0.2) is 5.76 Å². The Balaban J connectivity index is 1.63. The minimum absolute atomic E-state index is 0.109. The largest absolute Gasteiger partial charge is 0.359 e. The SMILES string of the molecule is CCCc1cc(CNC(=O)c2cccc(N3CCCC3=O)c2)on1. The third-order valence-corrected chi connectivity index (χ3v) is 4.03. The first-order valence-corrected chi connectivity index (χ1v) is 8.30. The molecule has 1 aliphatic rings. The van der Waals surface area contributed by atoms with Gasteiger partial charge in [-0.3, -0.25) is 9.59 Å². The Morgan fingerprint density at radius 2 is 2.25 bits per heavy atom. The van der Waals surface area contributed by atoms with E-state index in [2.05, 4.69) is 17.4 Å². The predicted octanol–water partition coefficient (Wildman–Crippen LogP) is 2.68. The molecule has 0 unspecified atom stereocenters. The van der Waals surface area contributed by atoms with Crippen LogP contribution in [-0.4, -0.2) is 23.5 Å². The van der Waals surface area contributed by atoms with E-state index in [1.807, 2.05) is 12.1 Å². The molecule has 126 valence electrons. The van der Waals surface area contributed by atoms with Crippen molar-refractivity contribution < 1.29 is 14.1 Å². The number of aromatic nitrogens is 1. The fourth-order valence-electron chi connectivity index (χ4n) is 2.82. The summed E-state index contributed by atoms with van der Waals surface area (Å²) in [4.78, 5) is 25.9. The van der Waals surface area contributed by atoms with E-state index in [4.69, 9.17) is 4.52 Å². The van der Waals surface area contributed by atoms with Crippen molar-refractivity contribution in [3.05, 3.63) is 47.3 Å². The number of aryl methyl sites for hydroxylation is 1. The van der Waals surface area contributed by atoms with Gasteiger partial charge in [0.1, 0.15) is 0 Å². The van der Waals surface area contributed by atoms with E-state index >= 15 is 0 Å². The Kier molecular flexibility index (Phi) is 4.93. The van der Waals surface area contributed by atoms with Crippen LogP contribution in [-0.2, 0) is 17.8 Å². The first kappa shape index (κ1) is 16.2. The summed E-state index contributed by atoms with van der Waals surface area (Å²) in [5.74, 6) is 0.548. The second-order valence-corrected chi connectivity index (χ2v) is 5.92. The molecule has 2 heterocycles. The maximum Gasteiger partial charge on any atom is 0.251 e. The molecular weight excluding hydrogens is 306 g/mol. The normalized spacial score (nSPS) is 14.2. The molecule has 2 amide bonds. The smallest absolute Gasteiger partial charge is 0.251 e. The average Bonchev–Trinajstić information content (AvgIpc) is 3.22. The van der Waals surface area contributed by atoms with E-state index in [1.54, 1.807) is 23.1 Å². The fraction of sp³-hybridized carbons (Fsp3) is 0.389. The van der Waals surface area contributed by atoms with Crippen molar-refractivity contribution in [3.63, 3.8) is 0 Å². The van der Waals surface area contributed by atoms with Crippen LogP contribution in [0.15, 0.2) is 34.9 Å². The number of hydrogen-bond donors (Lipinski definition) is 1. The van der Waals surface area contributed by atoms with Gasteiger partial charge in [0.05, 0.1) is 12.2 Å². The third kappa shape index (κ3) is 3.64. The monoisotopic (exact) mass is 327 g/mol. The third-order valence-electron chi connectivity index (χ3n) is 4.03. The molecule has 24 heavy (non-hydrogen) atoms. The highest BCUT2D eigenvalue weighted by Gasteiger charge is 2.22. The lowest BCUT2D eigenvalue weighted by Crippen LogP contribution is -2.25. The first-order chi connectivity index (χ1) is 11.7. The molecule has 1 fully saturated rings. The van der Waals surface area contributed by atoms with Crippen LogP contribution in [0.4, 0.5) is 5.69 Å². The van der Waals surface area contributed by atoms with Crippen LogP contribution in [0, 0.1) is 0 Å². The summed E-state index contributed by atoms with van der Waals surface area (Å²) in [6.45, 7) is 3.08. The van der Waals surface area contributed by atoms with Gasteiger partial charge >= 0.3 is 0 Å². The Labute approximate surface area is 140 Å². The zero-order valence-corrected chi connectivity index (χ0v) is 13.7. The molecular formula is C18H21N3O3. The Bertz CT molecular complexity index is 739. The van der Waals surface area contributed by atoms with Gasteiger partial charge in [-0.25, -0.2) is 0 Å². The van der Waals surface area contributed by atoms with E-state index in [9.17, 15) is 9.59 Å². The molecule has 1 N–H and O–H groups in total. The molecule has 0 spiro atoms. The van der Waals surface area contributed by atoms with Gasteiger partial charge in [-0.2, -0.15) is 0 Å². The molecule has 2 aromatic rings. The lowest BCUT2D eigenvalue weighted by atomic mass is 10.1. The summed E-state index contributed by atoms with van der Waals surface area (Å²) in [5.41, 5.74) is 2.20. The standard InChI is InChI=1S/C18H21N3O3/c1-2-5-14-11-16(24-20-14)12-19-18(23)13-6-3-7-15(10-13)21-9-4-8-17(21)22/h3,6-7,10-11H,2,4-5,8-9,12H2,1H3,(H,19,23). The minimum Gasteiger partial charge on any atom is -0.359 e. The number of nitrogens with zero attached hydrogens (tertiary/aromatic N) is 2. The Hall–Kier alpha value is -2.63. The van der Waals surface area contributed by atoms with Gasteiger partial charge in [-0.05, 0) is 31.0 Å². The molecule has 0 aliphatic carbocycles. The van der Waals surface area contributed by atoms with Crippen molar-refractivity contribution >= 4 is 17.5 Å². The highest BCUT2D eigenvalue weighted by atomic mass is 16.5. The number of carbonyl (C=O) groups is 2. The number of nitrogens with one attached hydrogen (secondary N) is 1. The molecule has 1 aliphatic heterocycles. The maximum absolute atomic E-state index is 12.3. The summed E-state index contributed by atoms with van der Waals surface area (Å²) in [6, 6.07) is 9.00. The van der Waals surface area contributed by atoms with Crippen LogP contribution in [0.5, 0.6) is 0 Å². The van der Waals surface area contributed by atoms with Gasteiger partial charge in [0.25, 0.3) is 5.91 Å². The number of benzene rings is 1. The number of amides is 2. The minimum atomic E-state index is -0.197. The first-order valence-electron chi connectivity index (χ1n) is 8.30.